The molecule has 7 nitrogen and oxygen atoms in total. The van der Waals surface area contributed by atoms with Gasteiger partial charge in [0.15, 0.2) is 5.82 Å². The molecule has 0 aliphatic heterocycles. The maximum atomic E-state index is 14.8. The fourth-order valence-electron chi connectivity index (χ4n) is 4.31. The first-order valence-electron chi connectivity index (χ1n) is 10.0. The molecule has 1 amide bonds. The molecular formula is C21H28ClF2N6O+. The summed E-state index contributed by atoms with van der Waals surface area (Å²) in [6.07, 6.45) is 2.21. The molecule has 1 fully saturated rings. The van der Waals surface area contributed by atoms with E-state index in [0.717, 1.165) is 0 Å². The zero-order valence-corrected chi connectivity index (χ0v) is 18.8. The first-order chi connectivity index (χ1) is 14.4. The highest BCUT2D eigenvalue weighted by molar-refractivity contribution is 6.30. The van der Waals surface area contributed by atoms with Gasteiger partial charge in [-0.2, -0.15) is 9.97 Å². The molecule has 0 radical (unpaired) electrons. The van der Waals surface area contributed by atoms with E-state index in [0.29, 0.717) is 29.5 Å². The first-order valence-corrected chi connectivity index (χ1v) is 10.4. The number of alkyl halides is 2. The Morgan fingerprint density at radius 1 is 1.35 bits per heavy atom. The molecule has 2 atom stereocenters. The van der Waals surface area contributed by atoms with Crippen molar-refractivity contribution in [1.29, 1.82) is 0 Å². The number of amides is 1. The molecule has 168 valence electrons. The number of hydrogen-bond donors (Lipinski definition) is 2. The minimum absolute atomic E-state index is 0.0295. The average Bonchev–Trinajstić information content (AvgIpc) is 2.66. The summed E-state index contributed by atoms with van der Waals surface area (Å²) in [7, 11) is 6.95. The number of carbonyl (C=O) groups is 1. The highest BCUT2D eigenvalue weighted by Crippen LogP contribution is 2.41. The third-order valence-electron chi connectivity index (χ3n) is 5.84. The van der Waals surface area contributed by atoms with Crippen molar-refractivity contribution in [2.45, 2.75) is 37.3 Å². The number of anilines is 2. The average molecular weight is 454 g/mol. The second-order valence-corrected chi connectivity index (χ2v) is 9.04. The van der Waals surface area contributed by atoms with Gasteiger partial charge in [-0.25, -0.2) is 8.78 Å². The second-order valence-electron chi connectivity index (χ2n) is 8.60. The minimum Gasteiger partial charge on any atom is -0.365 e. The fraction of sp³-hybridized carbons (Fsp3) is 0.476. The molecular weight excluding hydrogens is 426 g/mol. The van der Waals surface area contributed by atoms with Crippen LogP contribution in [0.3, 0.4) is 0 Å². The Hall–Kier alpha value is -2.36. The number of hydrogen-bond acceptors (Lipinski definition) is 5. The van der Waals surface area contributed by atoms with Crippen molar-refractivity contribution < 1.29 is 13.6 Å². The molecule has 1 aromatic heterocycles. The molecule has 1 aliphatic rings. The van der Waals surface area contributed by atoms with Crippen molar-refractivity contribution in [3.05, 3.63) is 41.0 Å². The highest BCUT2D eigenvalue weighted by atomic mass is 35.5. The normalized spacial score (nSPS) is 21.2. The number of nitrogens with one attached hydrogen (secondary N) is 1. The Balaban J connectivity index is 2.03. The first kappa shape index (κ1) is 23.3. The van der Waals surface area contributed by atoms with Crippen LogP contribution in [0.15, 0.2) is 30.5 Å². The lowest BCUT2D eigenvalue weighted by Crippen LogP contribution is -2.66. The predicted molar refractivity (Wildman–Crippen MR) is 119 cm³/mol. The lowest BCUT2D eigenvalue weighted by Gasteiger charge is -2.47. The van der Waals surface area contributed by atoms with Gasteiger partial charge in [-0.15, -0.1) is 0 Å². The van der Waals surface area contributed by atoms with Crippen LogP contribution in [0.4, 0.5) is 26.2 Å². The van der Waals surface area contributed by atoms with Crippen LogP contribution in [0.2, 0.25) is 5.02 Å². The maximum absolute atomic E-state index is 14.8. The van der Waals surface area contributed by atoms with Gasteiger partial charge in [-0.3, -0.25) is 14.2 Å². The van der Waals surface area contributed by atoms with Crippen LogP contribution in [-0.2, 0) is 0 Å². The Labute approximate surface area is 185 Å². The van der Waals surface area contributed by atoms with Crippen molar-refractivity contribution in [2.24, 2.45) is 5.73 Å². The topological polar surface area (TPSA) is 84.1 Å². The number of rotatable bonds is 6. The zero-order valence-electron chi connectivity index (χ0n) is 18.1. The number of benzene rings is 1. The third kappa shape index (κ3) is 4.78. The lowest BCUT2D eigenvalue weighted by molar-refractivity contribution is -0.120. The standard InChI is InChI=1S/C21H27ClF2N6O/c1-29(2)17-16(9-6-10-21(17,23)24)30(3,4)20-26-12-15(18(25)31)19(28-20)27-14-8-5-7-13(22)11-14/h5,7-8,11-12,16-17H,6,9-10H2,1-4H3,(H2-,25,26,27,28,31)/p+1. The molecule has 0 bridgehead atoms. The summed E-state index contributed by atoms with van der Waals surface area (Å²) in [6, 6.07) is 5.50. The van der Waals surface area contributed by atoms with Gasteiger partial charge in [-0.05, 0) is 38.7 Å². The monoisotopic (exact) mass is 453 g/mol. The van der Waals surface area contributed by atoms with Crippen molar-refractivity contribution in [1.82, 2.24) is 19.4 Å². The van der Waals surface area contributed by atoms with E-state index in [1.807, 2.05) is 14.1 Å². The van der Waals surface area contributed by atoms with E-state index >= 15 is 0 Å². The van der Waals surface area contributed by atoms with Crippen LogP contribution >= 0.6 is 11.6 Å². The third-order valence-corrected chi connectivity index (χ3v) is 6.07. The van der Waals surface area contributed by atoms with E-state index in [1.54, 1.807) is 43.3 Å². The van der Waals surface area contributed by atoms with Gasteiger partial charge in [0.1, 0.15) is 17.6 Å². The molecule has 3 N–H and O–H groups in total. The van der Waals surface area contributed by atoms with Crippen molar-refractivity contribution in [2.75, 3.05) is 33.5 Å². The van der Waals surface area contributed by atoms with Crippen LogP contribution in [0.1, 0.15) is 29.6 Å². The smallest absolute Gasteiger partial charge is 0.330 e. The minimum atomic E-state index is -2.82. The molecule has 10 heteroatoms. The Morgan fingerprint density at radius 3 is 2.68 bits per heavy atom. The van der Waals surface area contributed by atoms with Gasteiger partial charge in [-0.1, -0.05) is 17.7 Å². The largest absolute Gasteiger partial charge is 0.365 e. The van der Waals surface area contributed by atoms with Gasteiger partial charge < -0.3 is 11.1 Å². The summed E-state index contributed by atoms with van der Waals surface area (Å²) in [5.74, 6) is -3.01. The van der Waals surface area contributed by atoms with Crippen molar-refractivity contribution in [3.8, 4) is 0 Å². The van der Waals surface area contributed by atoms with Crippen molar-refractivity contribution in [3.63, 3.8) is 0 Å². The Morgan fingerprint density at radius 2 is 2.06 bits per heavy atom. The van der Waals surface area contributed by atoms with Gasteiger partial charge in [0.2, 0.25) is 0 Å². The number of likely N-dealkylation sites (N-methyl/N-ethyl adjacent to an activating group) is 2. The van der Waals surface area contributed by atoms with E-state index in [4.69, 9.17) is 17.3 Å². The van der Waals surface area contributed by atoms with Crippen LogP contribution in [0, 0.1) is 0 Å². The van der Waals surface area contributed by atoms with E-state index in [-0.39, 0.29) is 22.3 Å². The molecule has 3 rings (SSSR count). The molecule has 1 heterocycles. The number of carbonyl (C=O) groups excluding carboxylic acids is 1. The molecule has 31 heavy (non-hydrogen) atoms. The summed E-state index contributed by atoms with van der Waals surface area (Å²) < 4.78 is 29.7. The van der Waals surface area contributed by atoms with Crippen LogP contribution in [-0.4, -0.2) is 67.0 Å². The van der Waals surface area contributed by atoms with E-state index in [1.165, 1.54) is 6.20 Å². The molecule has 2 aromatic rings. The number of aromatic nitrogens is 2. The molecule has 1 saturated carbocycles. The summed E-state index contributed by atoms with van der Waals surface area (Å²) in [5, 5.41) is 3.56. The van der Waals surface area contributed by atoms with E-state index in [9.17, 15) is 13.6 Å². The Kier molecular flexibility index (Phi) is 6.50. The van der Waals surface area contributed by atoms with E-state index in [2.05, 4.69) is 15.3 Å². The summed E-state index contributed by atoms with van der Waals surface area (Å²) in [5.41, 5.74) is 6.21. The highest BCUT2D eigenvalue weighted by Gasteiger charge is 2.55. The van der Waals surface area contributed by atoms with Crippen molar-refractivity contribution >= 4 is 35.0 Å². The number of nitrogens with zero attached hydrogens (tertiary/aromatic N) is 4. The zero-order chi connectivity index (χ0) is 23.0. The maximum Gasteiger partial charge on any atom is 0.330 e. The summed E-state index contributed by atoms with van der Waals surface area (Å²) in [4.78, 5) is 22.4. The lowest BCUT2D eigenvalue weighted by atomic mass is 9.84. The molecule has 1 aliphatic carbocycles. The number of primary amides is 1. The fourth-order valence-corrected chi connectivity index (χ4v) is 4.50. The van der Waals surface area contributed by atoms with E-state index < -0.39 is 23.9 Å². The summed E-state index contributed by atoms with van der Waals surface area (Å²) >= 11 is 6.05. The number of quaternary nitrogens is 1. The number of nitrogens with two attached hydrogens (primary N) is 1. The second kappa shape index (κ2) is 8.64. The SMILES string of the molecule is CN(C)C1C([N+](C)(C)c2ncc(C(N)=O)c(Nc3cccc(Cl)c3)n2)CCCC1(F)F. The van der Waals surface area contributed by atoms with Gasteiger partial charge in [0, 0.05) is 23.6 Å². The molecule has 2 unspecified atom stereocenters. The number of halogens is 3. The summed E-state index contributed by atoms with van der Waals surface area (Å²) in [6.45, 7) is 0. The van der Waals surface area contributed by atoms with Gasteiger partial charge in [0.05, 0.1) is 20.3 Å². The molecule has 0 saturated heterocycles. The van der Waals surface area contributed by atoms with Crippen LogP contribution in [0.5, 0.6) is 0 Å². The molecule has 1 aromatic carbocycles. The Bertz CT molecular complexity index is 969. The molecule has 0 spiro atoms. The quantitative estimate of drug-likeness (QED) is 0.652. The predicted octanol–water partition coefficient (Wildman–Crippen LogP) is 3.66. The van der Waals surface area contributed by atoms with Crippen LogP contribution < -0.4 is 15.5 Å². The van der Waals surface area contributed by atoms with Gasteiger partial charge >= 0.3 is 5.95 Å². The van der Waals surface area contributed by atoms with Crippen LogP contribution in [0.25, 0.3) is 0 Å². The van der Waals surface area contributed by atoms with Gasteiger partial charge in [0.25, 0.3) is 11.8 Å².